The van der Waals surface area contributed by atoms with Crippen LogP contribution in [0.15, 0.2) is 0 Å². The van der Waals surface area contributed by atoms with Crippen molar-refractivity contribution >= 4 is 7.82 Å². The van der Waals surface area contributed by atoms with E-state index in [-0.39, 0.29) is 65.7 Å². The summed E-state index contributed by atoms with van der Waals surface area (Å²) >= 11 is 0. The van der Waals surface area contributed by atoms with Gasteiger partial charge < -0.3 is 14.4 Å². The van der Waals surface area contributed by atoms with Gasteiger partial charge in [-0.1, -0.05) is 45.4 Å². The van der Waals surface area contributed by atoms with E-state index in [4.69, 9.17) is 0 Å². The third-order valence-corrected chi connectivity index (χ3v) is 2.26. The number of rotatable bonds is 10. The van der Waals surface area contributed by atoms with Crippen molar-refractivity contribution in [2.24, 2.45) is 0 Å². The summed E-state index contributed by atoms with van der Waals surface area (Å²) in [4.78, 5) is 24.2. The molecule has 8 heteroatoms. The van der Waals surface area contributed by atoms with Gasteiger partial charge in [0, 0.05) is 0 Å². The molecule has 0 aliphatic heterocycles. The molecule has 0 aromatic carbocycles. The zero-order chi connectivity index (χ0) is 11.6. The fraction of sp³-hybridized carbons (Fsp3) is 1.00. The summed E-state index contributed by atoms with van der Waals surface area (Å²) in [5.74, 6) is 0. The summed E-state index contributed by atoms with van der Waals surface area (Å²) in [5.41, 5.74) is 0. The van der Waals surface area contributed by atoms with Crippen LogP contribution >= 0.6 is 7.82 Å². The van der Waals surface area contributed by atoms with Crippen molar-refractivity contribution in [3.8, 4) is 0 Å². The van der Waals surface area contributed by atoms with Crippen molar-refractivity contribution < 1.29 is 83.0 Å². The first-order valence-electron chi connectivity index (χ1n) is 5.39. The molecular formula is C9H19Na2O5P. The molecule has 0 fully saturated rings. The van der Waals surface area contributed by atoms with Crippen molar-refractivity contribution in [1.29, 1.82) is 0 Å². The SMILES string of the molecule is CCCCCCCCCOOP(=O)([O-])[O-].[Na+].[Na+]. The standard InChI is InChI=1S/C9H21O5P.2Na/c1-2-3-4-5-6-7-8-9-13-14-15(10,11)12;;/h2-9H2,1H3,(H2,10,11,12);;/q;2*+1/p-2. The summed E-state index contributed by atoms with van der Waals surface area (Å²) in [6, 6.07) is 0. The van der Waals surface area contributed by atoms with E-state index < -0.39 is 7.82 Å². The average Bonchev–Trinajstić information content (AvgIpc) is 2.14. The normalized spacial score (nSPS) is 10.5. The molecule has 0 saturated heterocycles. The third-order valence-electron chi connectivity index (χ3n) is 1.98. The van der Waals surface area contributed by atoms with Gasteiger partial charge in [-0.3, -0.25) is 0 Å². The summed E-state index contributed by atoms with van der Waals surface area (Å²) in [7, 11) is -4.96. The molecule has 0 atom stereocenters. The fourth-order valence-electron chi connectivity index (χ4n) is 1.22. The van der Waals surface area contributed by atoms with Gasteiger partial charge in [0.1, 0.15) is 7.82 Å². The van der Waals surface area contributed by atoms with Gasteiger partial charge in [0.2, 0.25) is 0 Å². The second-order valence-corrected chi connectivity index (χ2v) is 4.51. The molecule has 0 aromatic rings. The first kappa shape index (κ1) is 24.1. The van der Waals surface area contributed by atoms with E-state index in [2.05, 4.69) is 16.5 Å². The van der Waals surface area contributed by atoms with Crippen LogP contribution < -0.4 is 68.9 Å². The first-order valence-corrected chi connectivity index (χ1v) is 6.85. The topological polar surface area (TPSA) is 81.7 Å². The Hall–Kier alpha value is 2.07. The zero-order valence-corrected chi connectivity index (χ0v) is 16.0. The number of hydrogen-bond donors (Lipinski definition) is 0. The Morgan fingerprint density at radius 3 is 1.88 bits per heavy atom. The van der Waals surface area contributed by atoms with Gasteiger partial charge in [0.25, 0.3) is 0 Å². The minimum Gasteiger partial charge on any atom is -0.788 e. The van der Waals surface area contributed by atoms with Crippen LogP contribution in [0.3, 0.4) is 0 Å². The number of unbranched alkanes of at least 4 members (excludes halogenated alkanes) is 6. The van der Waals surface area contributed by atoms with Crippen molar-refractivity contribution in [2.45, 2.75) is 51.9 Å². The second-order valence-electron chi connectivity index (χ2n) is 3.47. The van der Waals surface area contributed by atoms with E-state index in [1.165, 1.54) is 25.7 Å². The van der Waals surface area contributed by atoms with Gasteiger partial charge >= 0.3 is 59.1 Å². The molecule has 0 aromatic heterocycles. The smallest absolute Gasteiger partial charge is 0.788 e. The van der Waals surface area contributed by atoms with Crippen LogP contribution in [0.1, 0.15) is 51.9 Å². The largest absolute Gasteiger partial charge is 1.00 e. The van der Waals surface area contributed by atoms with Crippen molar-refractivity contribution in [2.75, 3.05) is 6.61 Å². The molecule has 92 valence electrons. The zero-order valence-electron chi connectivity index (χ0n) is 11.1. The number of hydrogen-bond acceptors (Lipinski definition) is 5. The van der Waals surface area contributed by atoms with Gasteiger partial charge in [-0.25, -0.2) is 9.56 Å². The van der Waals surface area contributed by atoms with Gasteiger partial charge in [-0.2, -0.15) is 0 Å². The predicted octanol–water partition coefficient (Wildman–Crippen LogP) is -4.48. The van der Waals surface area contributed by atoms with Crippen molar-refractivity contribution in [1.82, 2.24) is 0 Å². The van der Waals surface area contributed by atoms with Crippen LogP contribution in [-0.4, -0.2) is 6.61 Å². The van der Waals surface area contributed by atoms with Crippen LogP contribution in [0, 0.1) is 0 Å². The van der Waals surface area contributed by atoms with Crippen molar-refractivity contribution in [3.63, 3.8) is 0 Å². The van der Waals surface area contributed by atoms with Gasteiger partial charge in [0.05, 0.1) is 6.61 Å². The summed E-state index contributed by atoms with van der Waals surface area (Å²) < 4.78 is 13.6. The van der Waals surface area contributed by atoms with Crippen molar-refractivity contribution in [3.05, 3.63) is 0 Å². The maximum Gasteiger partial charge on any atom is 1.00 e. The third kappa shape index (κ3) is 23.6. The van der Waals surface area contributed by atoms with Crippen LogP contribution in [0.4, 0.5) is 0 Å². The molecule has 0 N–H and O–H groups in total. The summed E-state index contributed by atoms with van der Waals surface area (Å²) in [5, 5.41) is 0. The molecule has 0 heterocycles. The van der Waals surface area contributed by atoms with E-state index in [0.717, 1.165) is 12.8 Å². The summed E-state index contributed by atoms with van der Waals surface area (Å²) in [6.07, 6.45) is 7.70. The quantitative estimate of drug-likeness (QED) is 0.133. The Labute approximate surface area is 148 Å². The molecule has 5 nitrogen and oxygen atoms in total. The number of phosphoric acid groups is 1. The average molecular weight is 284 g/mol. The van der Waals surface area contributed by atoms with Gasteiger partial charge in [0.15, 0.2) is 0 Å². The molecule has 0 spiro atoms. The fourth-order valence-corrected chi connectivity index (χ4v) is 1.42. The Morgan fingerprint density at radius 2 is 1.41 bits per heavy atom. The molecule has 0 aliphatic rings. The Kier molecular flexibility index (Phi) is 22.9. The van der Waals surface area contributed by atoms with E-state index in [1.807, 2.05) is 0 Å². The minimum absolute atomic E-state index is 0. The molecule has 0 bridgehead atoms. The van der Waals surface area contributed by atoms with Crippen LogP contribution in [0.5, 0.6) is 0 Å². The van der Waals surface area contributed by atoms with E-state index in [1.54, 1.807) is 0 Å². The van der Waals surface area contributed by atoms with Crippen LogP contribution in [-0.2, 0) is 14.1 Å². The maximum absolute atomic E-state index is 9.96. The minimum atomic E-state index is -4.96. The molecule has 0 radical (unpaired) electrons. The van der Waals surface area contributed by atoms with Crippen LogP contribution in [0.25, 0.3) is 0 Å². The molecule has 0 amide bonds. The summed E-state index contributed by atoms with van der Waals surface area (Å²) in [6.45, 7) is 2.32. The van der Waals surface area contributed by atoms with E-state index in [9.17, 15) is 14.4 Å². The molecule has 0 rings (SSSR count). The molecule has 0 aliphatic carbocycles. The van der Waals surface area contributed by atoms with Crippen LogP contribution in [0.2, 0.25) is 0 Å². The molecule has 0 saturated carbocycles. The maximum atomic E-state index is 9.96. The molecule has 0 unspecified atom stereocenters. The predicted molar refractivity (Wildman–Crippen MR) is 52.6 cm³/mol. The Balaban J connectivity index is -0.000000980. The Bertz CT molecular complexity index is 188. The van der Waals surface area contributed by atoms with E-state index >= 15 is 0 Å². The second kappa shape index (κ2) is 16.1. The van der Waals surface area contributed by atoms with E-state index in [0.29, 0.717) is 6.42 Å². The molecular weight excluding hydrogens is 265 g/mol. The first-order chi connectivity index (χ1) is 7.06. The monoisotopic (exact) mass is 284 g/mol. The van der Waals surface area contributed by atoms with Gasteiger partial charge in [-0.15, -0.1) is 0 Å². The Morgan fingerprint density at radius 1 is 0.941 bits per heavy atom. The molecule has 17 heavy (non-hydrogen) atoms. The van der Waals surface area contributed by atoms with Gasteiger partial charge in [-0.05, 0) is 6.42 Å².